The van der Waals surface area contributed by atoms with Gasteiger partial charge in [-0.2, -0.15) is 0 Å². The van der Waals surface area contributed by atoms with E-state index in [-0.39, 0.29) is 0 Å². The molecule has 4 heteroatoms. The fourth-order valence-corrected chi connectivity index (χ4v) is 3.26. The number of rotatable bonds is 6. The minimum Gasteiger partial charge on any atom is -0.399 e. The Bertz CT molecular complexity index is 558. The van der Waals surface area contributed by atoms with E-state index in [1.54, 1.807) is 0 Å². The zero-order valence-electron chi connectivity index (χ0n) is 11.9. The van der Waals surface area contributed by atoms with Crippen molar-refractivity contribution < 1.29 is 0 Å². The van der Waals surface area contributed by atoms with Crippen LogP contribution in [0.5, 0.6) is 0 Å². The zero-order chi connectivity index (χ0) is 15.2. The highest BCUT2D eigenvalue weighted by molar-refractivity contribution is 9.09. The van der Waals surface area contributed by atoms with Crippen LogP contribution in [0.4, 0.5) is 11.4 Å². The number of alkyl halides is 2. The van der Waals surface area contributed by atoms with Gasteiger partial charge >= 0.3 is 0 Å². The second kappa shape index (κ2) is 7.85. The maximum Gasteiger partial charge on any atom is 0.0347 e. The van der Waals surface area contributed by atoms with Gasteiger partial charge in [0.1, 0.15) is 0 Å². The molecule has 0 saturated carbocycles. The molecular formula is C17H20Br2N2. The standard InChI is InChI=1S/C17H20Br2N2/c18-7-5-14-10-12(1-3-16(14)20)9-13-2-4-17(21)15(11-13)6-8-19/h1-4,10-11H,5-9,20-21H2. The molecular weight excluding hydrogens is 392 g/mol. The molecule has 0 aliphatic heterocycles. The summed E-state index contributed by atoms with van der Waals surface area (Å²) in [5, 5.41) is 1.86. The monoisotopic (exact) mass is 410 g/mol. The molecule has 0 aliphatic rings. The van der Waals surface area contributed by atoms with Gasteiger partial charge in [-0.1, -0.05) is 56.1 Å². The van der Waals surface area contributed by atoms with Crippen molar-refractivity contribution in [1.82, 2.24) is 0 Å². The summed E-state index contributed by atoms with van der Waals surface area (Å²) < 4.78 is 0. The van der Waals surface area contributed by atoms with Crippen LogP contribution < -0.4 is 11.5 Å². The molecule has 0 heterocycles. The van der Waals surface area contributed by atoms with Crippen LogP contribution in [-0.4, -0.2) is 10.7 Å². The fraction of sp³-hybridized carbons (Fsp3) is 0.294. The van der Waals surface area contributed by atoms with Gasteiger partial charge in [-0.3, -0.25) is 0 Å². The molecule has 2 aromatic rings. The van der Waals surface area contributed by atoms with Crippen molar-refractivity contribution in [1.29, 1.82) is 0 Å². The first-order valence-corrected chi connectivity index (χ1v) is 9.25. The van der Waals surface area contributed by atoms with E-state index in [0.29, 0.717) is 0 Å². The third-order valence-corrected chi connectivity index (χ3v) is 4.34. The molecule has 0 amide bonds. The van der Waals surface area contributed by atoms with Gasteiger partial charge in [0.25, 0.3) is 0 Å². The van der Waals surface area contributed by atoms with Crippen LogP contribution in [0.3, 0.4) is 0 Å². The minimum absolute atomic E-state index is 0.871. The highest BCUT2D eigenvalue weighted by Crippen LogP contribution is 2.21. The van der Waals surface area contributed by atoms with E-state index >= 15 is 0 Å². The normalized spacial score (nSPS) is 10.8. The molecule has 2 rings (SSSR count). The van der Waals surface area contributed by atoms with Crippen molar-refractivity contribution in [2.24, 2.45) is 0 Å². The molecule has 0 spiro atoms. The number of benzene rings is 2. The Morgan fingerprint density at radius 2 is 1.14 bits per heavy atom. The van der Waals surface area contributed by atoms with E-state index in [1.807, 2.05) is 12.1 Å². The second-order valence-corrected chi connectivity index (χ2v) is 6.71. The highest BCUT2D eigenvalue weighted by Gasteiger charge is 2.05. The number of anilines is 2. The number of nitrogens with two attached hydrogens (primary N) is 2. The van der Waals surface area contributed by atoms with Crippen molar-refractivity contribution in [3.63, 3.8) is 0 Å². The highest BCUT2D eigenvalue weighted by atomic mass is 79.9. The van der Waals surface area contributed by atoms with Gasteiger partial charge in [0.05, 0.1) is 0 Å². The zero-order valence-corrected chi connectivity index (χ0v) is 15.1. The lowest BCUT2D eigenvalue weighted by atomic mass is 9.98. The average Bonchev–Trinajstić information content (AvgIpc) is 2.47. The van der Waals surface area contributed by atoms with Gasteiger partial charge in [-0.15, -0.1) is 0 Å². The summed E-state index contributed by atoms with van der Waals surface area (Å²) in [6.45, 7) is 0. The van der Waals surface area contributed by atoms with E-state index in [2.05, 4.69) is 56.1 Å². The van der Waals surface area contributed by atoms with Crippen LogP contribution in [0, 0.1) is 0 Å². The average molecular weight is 412 g/mol. The Kier molecular flexibility index (Phi) is 6.12. The molecule has 0 saturated heterocycles. The van der Waals surface area contributed by atoms with Crippen molar-refractivity contribution in [2.45, 2.75) is 19.3 Å². The van der Waals surface area contributed by atoms with E-state index in [9.17, 15) is 0 Å². The van der Waals surface area contributed by atoms with Crippen LogP contribution >= 0.6 is 31.9 Å². The molecule has 4 N–H and O–H groups in total. The predicted molar refractivity (Wildman–Crippen MR) is 99.5 cm³/mol. The van der Waals surface area contributed by atoms with Crippen LogP contribution in [0.1, 0.15) is 22.3 Å². The summed E-state index contributed by atoms with van der Waals surface area (Å²) in [6.07, 6.45) is 2.82. The molecule has 0 aliphatic carbocycles. The van der Waals surface area contributed by atoms with E-state index in [1.165, 1.54) is 22.3 Å². The first-order valence-electron chi connectivity index (χ1n) is 7.00. The van der Waals surface area contributed by atoms with Gasteiger partial charge in [0.15, 0.2) is 0 Å². The number of nitrogen functional groups attached to an aromatic ring is 2. The van der Waals surface area contributed by atoms with E-state index < -0.39 is 0 Å². The van der Waals surface area contributed by atoms with Crippen LogP contribution in [0.15, 0.2) is 36.4 Å². The van der Waals surface area contributed by atoms with E-state index in [4.69, 9.17) is 11.5 Å². The first-order chi connectivity index (χ1) is 10.1. The summed E-state index contributed by atoms with van der Waals surface area (Å²) in [7, 11) is 0. The third kappa shape index (κ3) is 4.48. The van der Waals surface area contributed by atoms with Crippen LogP contribution in [0.25, 0.3) is 0 Å². The summed E-state index contributed by atoms with van der Waals surface area (Å²) in [5.41, 5.74) is 18.8. The molecule has 2 nitrogen and oxygen atoms in total. The third-order valence-electron chi connectivity index (χ3n) is 3.55. The summed E-state index contributed by atoms with van der Waals surface area (Å²) in [4.78, 5) is 0. The van der Waals surface area contributed by atoms with Gasteiger partial charge in [-0.25, -0.2) is 0 Å². The maximum absolute atomic E-state index is 6.01. The quantitative estimate of drug-likeness (QED) is 0.549. The Morgan fingerprint density at radius 3 is 1.52 bits per heavy atom. The van der Waals surface area contributed by atoms with Gasteiger partial charge in [-0.05, 0) is 53.6 Å². The van der Waals surface area contributed by atoms with Crippen LogP contribution in [0.2, 0.25) is 0 Å². The molecule has 0 atom stereocenters. The lowest BCUT2D eigenvalue weighted by Gasteiger charge is -2.10. The maximum atomic E-state index is 6.01. The van der Waals surface area contributed by atoms with E-state index in [0.717, 1.165) is 41.3 Å². The van der Waals surface area contributed by atoms with Crippen molar-refractivity contribution in [3.05, 3.63) is 58.7 Å². The van der Waals surface area contributed by atoms with Gasteiger partial charge < -0.3 is 11.5 Å². The Hall–Kier alpha value is -1.00. The molecule has 0 fully saturated rings. The largest absolute Gasteiger partial charge is 0.399 e. The SMILES string of the molecule is Nc1ccc(Cc2ccc(N)c(CCBr)c2)cc1CCBr. The molecule has 2 aromatic carbocycles. The first kappa shape index (κ1) is 16.4. The smallest absolute Gasteiger partial charge is 0.0347 e. The lowest BCUT2D eigenvalue weighted by molar-refractivity contribution is 1.11. The number of aryl methyl sites for hydroxylation is 2. The summed E-state index contributed by atoms with van der Waals surface area (Å²) >= 11 is 6.95. The second-order valence-electron chi connectivity index (χ2n) is 5.12. The lowest BCUT2D eigenvalue weighted by Crippen LogP contribution is -2.00. The molecule has 0 unspecified atom stereocenters. The predicted octanol–water partition coefficient (Wildman–Crippen LogP) is 4.32. The van der Waals surface area contributed by atoms with Crippen molar-refractivity contribution in [2.75, 3.05) is 22.1 Å². The summed E-state index contributed by atoms with van der Waals surface area (Å²) in [6, 6.07) is 12.6. The number of halogens is 2. The summed E-state index contributed by atoms with van der Waals surface area (Å²) in [5.74, 6) is 0. The molecule has 21 heavy (non-hydrogen) atoms. The van der Waals surface area contributed by atoms with Gasteiger partial charge in [0, 0.05) is 22.0 Å². The molecule has 0 radical (unpaired) electrons. The Balaban J connectivity index is 2.21. The minimum atomic E-state index is 0.871. The Labute approximate surface area is 143 Å². The molecule has 0 bridgehead atoms. The fourth-order valence-electron chi connectivity index (χ4n) is 2.41. The number of hydrogen-bond donors (Lipinski definition) is 2. The molecule has 0 aromatic heterocycles. The van der Waals surface area contributed by atoms with Gasteiger partial charge in [0.2, 0.25) is 0 Å². The van der Waals surface area contributed by atoms with Crippen molar-refractivity contribution in [3.8, 4) is 0 Å². The Morgan fingerprint density at radius 1 is 0.714 bits per heavy atom. The molecule has 112 valence electrons. The van der Waals surface area contributed by atoms with Crippen molar-refractivity contribution >= 4 is 43.2 Å². The van der Waals surface area contributed by atoms with Crippen LogP contribution in [-0.2, 0) is 19.3 Å². The topological polar surface area (TPSA) is 52.0 Å². The number of hydrogen-bond acceptors (Lipinski definition) is 2.